The molecule has 3 heterocycles. The van der Waals surface area contributed by atoms with Crippen molar-refractivity contribution in [1.82, 2.24) is 24.5 Å². The van der Waals surface area contributed by atoms with Crippen LogP contribution in [-0.2, 0) is 13.1 Å². The van der Waals surface area contributed by atoms with Gasteiger partial charge in [-0.1, -0.05) is 21.2 Å². The zero-order chi connectivity index (χ0) is 13.9. The van der Waals surface area contributed by atoms with Gasteiger partial charge in [0.15, 0.2) is 5.76 Å². The average molecular weight is 314 g/mol. The molecule has 1 saturated heterocycles. The summed E-state index contributed by atoms with van der Waals surface area (Å²) >= 11 is 7.28. The topological polar surface area (TPSA) is 58.3 Å². The van der Waals surface area contributed by atoms with Crippen LogP contribution in [-0.4, -0.2) is 50.7 Å². The highest BCUT2D eigenvalue weighted by Gasteiger charge is 2.20. The summed E-state index contributed by atoms with van der Waals surface area (Å²) in [6.07, 6.45) is 0. The monoisotopic (exact) mass is 313 g/mol. The van der Waals surface area contributed by atoms with E-state index >= 15 is 0 Å². The summed E-state index contributed by atoms with van der Waals surface area (Å²) in [6, 6.07) is 1.99. The number of rotatable bonds is 4. The molecule has 108 valence electrons. The zero-order valence-corrected chi connectivity index (χ0v) is 12.8. The van der Waals surface area contributed by atoms with Crippen molar-refractivity contribution in [3.8, 4) is 0 Å². The smallest absolute Gasteiger partial charge is 0.150 e. The summed E-state index contributed by atoms with van der Waals surface area (Å²) in [4.78, 5) is 4.72. The zero-order valence-electron chi connectivity index (χ0n) is 11.3. The van der Waals surface area contributed by atoms with Crippen molar-refractivity contribution in [1.29, 1.82) is 0 Å². The Morgan fingerprint density at radius 2 is 1.95 bits per heavy atom. The van der Waals surface area contributed by atoms with Crippen molar-refractivity contribution in [2.45, 2.75) is 20.0 Å². The second-order valence-electron chi connectivity index (χ2n) is 4.98. The average Bonchev–Trinajstić information content (AvgIpc) is 3.02. The summed E-state index contributed by atoms with van der Waals surface area (Å²) in [5, 5.41) is 7.97. The maximum absolute atomic E-state index is 6.03. The van der Waals surface area contributed by atoms with Crippen molar-refractivity contribution in [2.75, 3.05) is 26.2 Å². The van der Waals surface area contributed by atoms with E-state index < -0.39 is 0 Å². The molecule has 1 fully saturated rings. The lowest BCUT2D eigenvalue weighted by atomic mass is 10.2. The van der Waals surface area contributed by atoms with Gasteiger partial charge in [-0.15, -0.1) is 5.10 Å². The number of halogens is 1. The second kappa shape index (κ2) is 6.17. The van der Waals surface area contributed by atoms with E-state index in [-0.39, 0.29) is 0 Å². The molecule has 1 aliphatic rings. The molecular formula is C12H16ClN5OS. The fourth-order valence-corrected chi connectivity index (χ4v) is 2.93. The van der Waals surface area contributed by atoms with Crippen LogP contribution in [0.2, 0.25) is 4.34 Å². The van der Waals surface area contributed by atoms with Crippen LogP contribution in [0, 0.1) is 6.92 Å². The van der Waals surface area contributed by atoms with Gasteiger partial charge in [-0.3, -0.25) is 9.80 Å². The third kappa shape index (κ3) is 3.35. The summed E-state index contributed by atoms with van der Waals surface area (Å²) in [5.74, 6) is 0.933. The first kappa shape index (κ1) is 13.9. The molecule has 0 amide bonds. The van der Waals surface area contributed by atoms with E-state index in [0.717, 1.165) is 56.4 Å². The minimum atomic E-state index is 0.699. The number of hydrogen-bond donors (Lipinski definition) is 0. The van der Waals surface area contributed by atoms with Crippen LogP contribution < -0.4 is 0 Å². The normalized spacial score (nSPS) is 17.7. The third-order valence-corrected chi connectivity index (χ3v) is 4.39. The lowest BCUT2D eigenvalue weighted by Crippen LogP contribution is -2.45. The number of nitrogens with zero attached hydrogens (tertiary/aromatic N) is 5. The minimum absolute atomic E-state index is 0.699. The largest absolute Gasteiger partial charge is 0.360 e. The molecule has 20 heavy (non-hydrogen) atoms. The molecule has 0 radical (unpaired) electrons. The van der Waals surface area contributed by atoms with Crippen LogP contribution in [0.25, 0.3) is 0 Å². The highest BCUT2D eigenvalue weighted by Crippen LogP contribution is 2.19. The van der Waals surface area contributed by atoms with Crippen LogP contribution in [0.3, 0.4) is 0 Å². The molecule has 0 aromatic carbocycles. The number of piperazine rings is 1. The molecule has 0 saturated carbocycles. The summed E-state index contributed by atoms with van der Waals surface area (Å²) in [6.45, 7) is 7.57. The molecule has 2 aromatic heterocycles. The first-order valence-electron chi connectivity index (χ1n) is 6.54. The molecule has 0 atom stereocenters. The number of hydrogen-bond acceptors (Lipinski definition) is 7. The van der Waals surface area contributed by atoms with Gasteiger partial charge in [0.2, 0.25) is 0 Å². The van der Waals surface area contributed by atoms with Crippen molar-refractivity contribution < 1.29 is 4.52 Å². The lowest BCUT2D eigenvalue weighted by Gasteiger charge is -2.33. The second-order valence-corrected chi connectivity index (χ2v) is 6.34. The Morgan fingerprint density at radius 1 is 1.25 bits per heavy atom. The molecule has 0 bridgehead atoms. The van der Waals surface area contributed by atoms with Crippen molar-refractivity contribution in [2.24, 2.45) is 0 Å². The molecule has 8 heteroatoms. The van der Waals surface area contributed by atoms with Crippen molar-refractivity contribution in [3.05, 3.63) is 27.6 Å². The fourth-order valence-electron chi connectivity index (χ4n) is 2.32. The summed E-state index contributed by atoms with van der Waals surface area (Å²) in [5.41, 5.74) is 1.82. The molecule has 1 aliphatic heterocycles. The van der Waals surface area contributed by atoms with Crippen LogP contribution in [0.5, 0.6) is 0 Å². The van der Waals surface area contributed by atoms with Gasteiger partial charge < -0.3 is 4.52 Å². The summed E-state index contributed by atoms with van der Waals surface area (Å²) in [7, 11) is 0. The highest BCUT2D eigenvalue weighted by molar-refractivity contribution is 7.10. The lowest BCUT2D eigenvalue weighted by molar-refractivity contribution is 0.113. The van der Waals surface area contributed by atoms with Crippen LogP contribution in [0.15, 0.2) is 10.6 Å². The first-order valence-corrected chi connectivity index (χ1v) is 7.69. The Hall–Kier alpha value is -1.02. The van der Waals surface area contributed by atoms with Crippen LogP contribution in [0.4, 0.5) is 0 Å². The van der Waals surface area contributed by atoms with Gasteiger partial charge in [0.05, 0.1) is 12.2 Å². The molecule has 0 unspecified atom stereocenters. The van der Waals surface area contributed by atoms with Crippen LogP contribution >= 0.6 is 23.1 Å². The molecule has 0 aliphatic carbocycles. The SMILES string of the molecule is Cc1cc(CN2CCN(Cc3nnsc3Cl)CC2)on1. The highest BCUT2D eigenvalue weighted by atomic mass is 35.5. The maximum Gasteiger partial charge on any atom is 0.150 e. The molecule has 3 rings (SSSR count). The molecule has 2 aromatic rings. The Balaban J connectivity index is 1.48. The maximum atomic E-state index is 6.03. The molecule has 0 spiro atoms. The van der Waals surface area contributed by atoms with E-state index in [9.17, 15) is 0 Å². The Kier molecular flexibility index (Phi) is 4.30. The number of aryl methyl sites for hydroxylation is 1. The van der Waals surface area contributed by atoms with Gasteiger partial charge in [0.1, 0.15) is 10.0 Å². The Labute approximate surface area is 126 Å². The first-order chi connectivity index (χ1) is 9.70. The predicted molar refractivity (Wildman–Crippen MR) is 76.7 cm³/mol. The third-order valence-electron chi connectivity index (χ3n) is 3.40. The quantitative estimate of drug-likeness (QED) is 0.858. The Morgan fingerprint density at radius 3 is 2.50 bits per heavy atom. The van der Waals surface area contributed by atoms with E-state index in [1.54, 1.807) is 0 Å². The van der Waals surface area contributed by atoms with Gasteiger partial charge in [0, 0.05) is 50.3 Å². The summed E-state index contributed by atoms with van der Waals surface area (Å²) < 4.78 is 9.82. The van der Waals surface area contributed by atoms with Crippen molar-refractivity contribution >= 4 is 23.1 Å². The predicted octanol–water partition coefficient (Wildman–Crippen LogP) is 1.81. The van der Waals surface area contributed by atoms with Crippen LogP contribution in [0.1, 0.15) is 17.1 Å². The van der Waals surface area contributed by atoms with Gasteiger partial charge in [-0.05, 0) is 6.92 Å². The Bertz CT molecular complexity index is 564. The van der Waals surface area contributed by atoms with Gasteiger partial charge >= 0.3 is 0 Å². The molecule has 6 nitrogen and oxygen atoms in total. The van der Waals surface area contributed by atoms with Gasteiger partial charge in [0.25, 0.3) is 0 Å². The van der Waals surface area contributed by atoms with E-state index in [0.29, 0.717) is 4.34 Å². The molecule has 0 N–H and O–H groups in total. The van der Waals surface area contributed by atoms with E-state index in [1.807, 2.05) is 13.0 Å². The minimum Gasteiger partial charge on any atom is -0.360 e. The molecular weight excluding hydrogens is 298 g/mol. The fraction of sp³-hybridized carbons (Fsp3) is 0.583. The number of aromatic nitrogens is 3. The van der Waals surface area contributed by atoms with Crippen molar-refractivity contribution in [3.63, 3.8) is 0 Å². The van der Waals surface area contributed by atoms with E-state index in [4.69, 9.17) is 16.1 Å². The standard InChI is InChI=1S/C12H16ClN5OS/c1-9-6-10(19-15-9)7-17-2-4-18(5-3-17)8-11-12(13)20-16-14-11/h6H,2-5,7-8H2,1H3. The van der Waals surface area contributed by atoms with Gasteiger partial charge in [-0.25, -0.2) is 0 Å². The van der Waals surface area contributed by atoms with Gasteiger partial charge in [-0.2, -0.15) is 0 Å². The van der Waals surface area contributed by atoms with E-state index in [1.165, 1.54) is 11.5 Å². The van der Waals surface area contributed by atoms with E-state index in [2.05, 4.69) is 24.5 Å².